The van der Waals surface area contributed by atoms with E-state index in [4.69, 9.17) is 0 Å². The van der Waals surface area contributed by atoms with Crippen LogP contribution in [0.4, 0.5) is 0 Å². The van der Waals surface area contributed by atoms with Crippen LogP contribution in [0.5, 0.6) is 0 Å². The lowest BCUT2D eigenvalue weighted by atomic mass is 9.96. The minimum atomic E-state index is -0.159. The zero-order chi connectivity index (χ0) is 9.97. The summed E-state index contributed by atoms with van der Waals surface area (Å²) in [6.07, 6.45) is 7.79. The number of carbonyl (C=O) groups is 1. The second-order valence-electron chi connectivity index (χ2n) is 3.31. The number of hydrogen-bond acceptors (Lipinski definition) is 3. The molecule has 0 radical (unpaired) electrons. The van der Waals surface area contributed by atoms with Crippen LogP contribution in [-0.4, -0.2) is 18.3 Å². The van der Waals surface area contributed by atoms with Crippen LogP contribution in [0.3, 0.4) is 0 Å². The SMILES string of the molecule is COC(=O)CC1=CSC2CC=CC=C12. The molecule has 0 aromatic carbocycles. The number of rotatable bonds is 2. The average molecular weight is 208 g/mol. The van der Waals surface area contributed by atoms with E-state index in [1.807, 2.05) is 0 Å². The molecule has 0 aromatic rings. The lowest BCUT2D eigenvalue weighted by Gasteiger charge is -2.14. The summed E-state index contributed by atoms with van der Waals surface area (Å²) < 4.78 is 4.66. The minimum Gasteiger partial charge on any atom is -0.469 e. The molecule has 0 N–H and O–H groups in total. The van der Waals surface area contributed by atoms with E-state index in [0.29, 0.717) is 11.7 Å². The van der Waals surface area contributed by atoms with Crippen molar-refractivity contribution in [3.8, 4) is 0 Å². The Kier molecular flexibility index (Phi) is 2.77. The highest BCUT2D eigenvalue weighted by molar-refractivity contribution is 8.03. The van der Waals surface area contributed by atoms with E-state index in [1.165, 1.54) is 12.7 Å². The molecule has 0 spiro atoms. The zero-order valence-electron chi connectivity index (χ0n) is 8.03. The minimum absolute atomic E-state index is 0.159. The number of ether oxygens (including phenoxy) is 1. The van der Waals surface area contributed by atoms with Gasteiger partial charge in [-0.05, 0) is 23.0 Å². The van der Waals surface area contributed by atoms with Gasteiger partial charge in [-0.25, -0.2) is 0 Å². The number of carbonyl (C=O) groups excluding carboxylic acids is 1. The predicted molar refractivity (Wildman–Crippen MR) is 57.9 cm³/mol. The van der Waals surface area contributed by atoms with Crippen LogP contribution in [0.2, 0.25) is 0 Å². The molecule has 1 heterocycles. The average Bonchev–Trinajstić information content (AvgIpc) is 2.62. The van der Waals surface area contributed by atoms with Crippen LogP contribution in [0, 0.1) is 0 Å². The molecule has 74 valence electrons. The molecule has 2 rings (SSSR count). The summed E-state index contributed by atoms with van der Waals surface area (Å²) in [5, 5.41) is 2.61. The molecule has 2 aliphatic rings. The van der Waals surface area contributed by atoms with E-state index >= 15 is 0 Å². The molecule has 0 saturated heterocycles. The van der Waals surface area contributed by atoms with Crippen LogP contribution < -0.4 is 0 Å². The third kappa shape index (κ3) is 1.77. The van der Waals surface area contributed by atoms with E-state index in [2.05, 4.69) is 28.4 Å². The van der Waals surface area contributed by atoms with Crippen LogP contribution >= 0.6 is 11.8 Å². The summed E-state index contributed by atoms with van der Waals surface area (Å²) in [6.45, 7) is 0. The van der Waals surface area contributed by atoms with Crippen molar-refractivity contribution in [2.75, 3.05) is 7.11 Å². The normalized spacial score (nSPS) is 23.9. The van der Waals surface area contributed by atoms with E-state index in [9.17, 15) is 4.79 Å². The summed E-state index contributed by atoms with van der Waals surface area (Å²) in [7, 11) is 1.43. The van der Waals surface area contributed by atoms with Crippen LogP contribution in [-0.2, 0) is 9.53 Å². The Bertz CT molecular complexity index is 339. The highest BCUT2D eigenvalue weighted by Gasteiger charge is 2.25. The highest BCUT2D eigenvalue weighted by atomic mass is 32.2. The molecule has 14 heavy (non-hydrogen) atoms. The first kappa shape index (κ1) is 9.59. The van der Waals surface area contributed by atoms with Crippen molar-refractivity contribution in [3.05, 3.63) is 34.8 Å². The molecular formula is C11H12O2S. The molecular weight excluding hydrogens is 196 g/mol. The van der Waals surface area contributed by atoms with Crippen molar-refractivity contribution in [2.24, 2.45) is 0 Å². The standard InChI is InChI=1S/C11H12O2S/c1-13-11(12)6-8-7-14-10-5-3-2-4-9(8)10/h2-4,7,10H,5-6H2,1H3. The summed E-state index contributed by atoms with van der Waals surface area (Å²) in [6, 6.07) is 0. The molecule has 0 bridgehead atoms. The second-order valence-corrected chi connectivity index (χ2v) is 4.38. The molecule has 0 fully saturated rings. The fourth-order valence-electron chi connectivity index (χ4n) is 1.65. The summed E-state index contributed by atoms with van der Waals surface area (Å²) >= 11 is 1.80. The molecule has 1 aliphatic heterocycles. The Hall–Kier alpha value is -0.960. The fourth-order valence-corrected chi connectivity index (χ4v) is 2.80. The summed E-state index contributed by atoms with van der Waals surface area (Å²) in [4.78, 5) is 11.1. The van der Waals surface area contributed by atoms with Crippen molar-refractivity contribution in [3.63, 3.8) is 0 Å². The summed E-state index contributed by atoms with van der Waals surface area (Å²) in [5.41, 5.74) is 2.42. The molecule has 0 amide bonds. The zero-order valence-corrected chi connectivity index (χ0v) is 8.84. The van der Waals surface area contributed by atoms with Gasteiger partial charge in [-0.1, -0.05) is 18.2 Å². The molecule has 3 heteroatoms. The number of hydrogen-bond donors (Lipinski definition) is 0. The Balaban J connectivity index is 2.10. The summed E-state index contributed by atoms with van der Waals surface area (Å²) in [5.74, 6) is -0.159. The smallest absolute Gasteiger partial charge is 0.310 e. The van der Waals surface area contributed by atoms with E-state index in [0.717, 1.165) is 12.0 Å². The lowest BCUT2D eigenvalue weighted by Crippen LogP contribution is -2.08. The second kappa shape index (κ2) is 4.05. The maximum absolute atomic E-state index is 11.1. The van der Waals surface area contributed by atoms with Crippen molar-refractivity contribution in [1.82, 2.24) is 0 Å². The fraction of sp³-hybridized carbons (Fsp3) is 0.364. The predicted octanol–water partition coefficient (Wildman–Crippen LogP) is 2.44. The van der Waals surface area contributed by atoms with Gasteiger partial charge in [0, 0.05) is 5.25 Å². The van der Waals surface area contributed by atoms with E-state index < -0.39 is 0 Å². The van der Waals surface area contributed by atoms with Gasteiger partial charge in [-0.3, -0.25) is 4.79 Å². The molecule has 0 aromatic heterocycles. The van der Waals surface area contributed by atoms with E-state index in [-0.39, 0.29) is 5.97 Å². The third-order valence-electron chi connectivity index (χ3n) is 2.42. The number of esters is 1. The van der Waals surface area contributed by atoms with Crippen molar-refractivity contribution in [1.29, 1.82) is 0 Å². The molecule has 1 unspecified atom stereocenters. The maximum Gasteiger partial charge on any atom is 0.310 e. The molecule has 1 aliphatic carbocycles. The Morgan fingerprint density at radius 1 is 1.71 bits per heavy atom. The van der Waals surface area contributed by atoms with Gasteiger partial charge in [0.2, 0.25) is 0 Å². The van der Waals surface area contributed by atoms with Gasteiger partial charge in [0.25, 0.3) is 0 Å². The maximum atomic E-state index is 11.1. The van der Waals surface area contributed by atoms with Gasteiger partial charge in [0.1, 0.15) is 0 Å². The van der Waals surface area contributed by atoms with Gasteiger partial charge in [-0.15, -0.1) is 11.8 Å². The topological polar surface area (TPSA) is 26.3 Å². The van der Waals surface area contributed by atoms with Gasteiger partial charge in [0.15, 0.2) is 0 Å². The first-order chi connectivity index (χ1) is 6.81. The van der Waals surface area contributed by atoms with Gasteiger partial charge in [-0.2, -0.15) is 0 Å². The molecule has 1 atom stereocenters. The highest BCUT2D eigenvalue weighted by Crippen LogP contribution is 2.40. The van der Waals surface area contributed by atoms with Gasteiger partial charge < -0.3 is 4.74 Å². The van der Waals surface area contributed by atoms with Crippen molar-refractivity contribution < 1.29 is 9.53 Å². The largest absolute Gasteiger partial charge is 0.469 e. The first-order valence-corrected chi connectivity index (χ1v) is 5.54. The number of allylic oxidation sites excluding steroid dienone is 3. The molecule has 2 nitrogen and oxygen atoms in total. The van der Waals surface area contributed by atoms with E-state index in [1.54, 1.807) is 11.8 Å². The Morgan fingerprint density at radius 2 is 2.57 bits per heavy atom. The van der Waals surface area contributed by atoms with Gasteiger partial charge >= 0.3 is 5.97 Å². The number of fused-ring (bicyclic) bond motifs is 1. The van der Waals surface area contributed by atoms with Crippen LogP contribution in [0.1, 0.15) is 12.8 Å². The van der Waals surface area contributed by atoms with Crippen LogP contribution in [0.25, 0.3) is 0 Å². The quantitative estimate of drug-likeness (QED) is 0.652. The monoisotopic (exact) mass is 208 g/mol. The Labute approximate surface area is 87.7 Å². The third-order valence-corrected chi connectivity index (χ3v) is 3.61. The van der Waals surface area contributed by atoms with Crippen molar-refractivity contribution in [2.45, 2.75) is 18.1 Å². The number of thioether (sulfide) groups is 1. The molecule has 0 saturated carbocycles. The number of methoxy groups -OCH3 is 1. The first-order valence-electron chi connectivity index (χ1n) is 4.59. The van der Waals surface area contributed by atoms with Crippen LogP contribution in [0.15, 0.2) is 34.8 Å². The lowest BCUT2D eigenvalue weighted by molar-refractivity contribution is -0.139. The van der Waals surface area contributed by atoms with Gasteiger partial charge in [0.05, 0.1) is 13.5 Å². The van der Waals surface area contributed by atoms with Crippen molar-refractivity contribution >= 4 is 17.7 Å². The Morgan fingerprint density at radius 3 is 3.36 bits per heavy atom.